The second-order valence-corrected chi connectivity index (χ2v) is 8.22. The molecule has 1 aromatic heterocycles. The zero-order valence-corrected chi connectivity index (χ0v) is 14.9. The van der Waals surface area contributed by atoms with Crippen LogP contribution in [0.2, 0.25) is 0 Å². The number of carbonyl (C=O) groups excluding carboxylic acids is 2. The fourth-order valence-corrected chi connectivity index (χ4v) is 5.31. The van der Waals surface area contributed by atoms with E-state index in [9.17, 15) is 9.59 Å². The Morgan fingerprint density at radius 3 is 2.79 bits per heavy atom. The Morgan fingerprint density at radius 2 is 2.00 bits per heavy atom. The second kappa shape index (κ2) is 6.82. The molecule has 5 nitrogen and oxygen atoms in total. The second-order valence-electron chi connectivity index (χ2n) is 7.38. The minimum Gasteiger partial charge on any atom is -0.342 e. The van der Waals surface area contributed by atoms with E-state index in [1.54, 1.807) is 4.90 Å². The molecule has 1 saturated carbocycles. The van der Waals surface area contributed by atoms with E-state index in [2.05, 4.69) is 4.98 Å². The van der Waals surface area contributed by atoms with Gasteiger partial charge in [0.05, 0.1) is 12.1 Å². The summed E-state index contributed by atoms with van der Waals surface area (Å²) >= 11 is 1.48. The number of thiazole rings is 1. The van der Waals surface area contributed by atoms with Crippen LogP contribution in [0.3, 0.4) is 0 Å². The Balaban J connectivity index is 1.36. The van der Waals surface area contributed by atoms with Crippen molar-refractivity contribution in [3.8, 4) is 0 Å². The van der Waals surface area contributed by atoms with Gasteiger partial charge in [0.1, 0.15) is 0 Å². The molecular formula is C18H25N3O2S. The zero-order chi connectivity index (χ0) is 16.5. The molecule has 1 aliphatic carbocycles. The lowest BCUT2D eigenvalue weighted by Crippen LogP contribution is -2.45. The molecule has 0 N–H and O–H groups in total. The molecule has 3 fully saturated rings. The normalized spacial score (nSPS) is 27.4. The Kier molecular flexibility index (Phi) is 4.57. The predicted octanol–water partition coefficient (Wildman–Crippen LogP) is 2.85. The Labute approximate surface area is 147 Å². The smallest absolute Gasteiger partial charge is 0.228 e. The van der Waals surface area contributed by atoms with Gasteiger partial charge in [-0.15, -0.1) is 11.3 Å². The van der Waals surface area contributed by atoms with Gasteiger partial charge in [-0.1, -0.05) is 19.3 Å². The summed E-state index contributed by atoms with van der Waals surface area (Å²) in [6.07, 6.45) is 8.39. The van der Waals surface area contributed by atoms with Gasteiger partial charge in [0.15, 0.2) is 5.13 Å². The minimum atomic E-state index is 0.154. The number of hydrogen-bond acceptors (Lipinski definition) is 4. The van der Waals surface area contributed by atoms with Crippen LogP contribution in [0.5, 0.6) is 0 Å². The maximum absolute atomic E-state index is 12.6. The van der Waals surface area contributed by atoms with Crippen LogP contribution >= 0.6 is 11.3 Å². The van der Waals surface area contributed by atoms with E-state index in [4.69, 9.17) is 0 Å². The zero-order valence-electron chi connectivity index (χ0n) is 14.1. The Morgan fingerprint density at radius 1 is 1.17 bits per heavy atom. The predicted molar refractivity (Wildman–Crippen MR) is 94.1 cm³/mol. The fourth-order valence-electron chi connectivity index (χ4n) is 4.45. The number of nitrogens with zero attached hydrogens (tertiary/aromatic N) is 3. The van der Waals surface area contributed by atoms with Gasteiger partial charge < -0.3 is 4.90 Å². The third kappa shape index (κ3) is 3.21. The molecule has 0 bridgehead atoms. The van der Waals surface area contributed by atoms with Crippen LogP contribution in [0.25, 0.3) is 0 Å². The van der Waals surface area contributed by atoms with E-state index in [0.29, 0.717) is 18.8 Å². The van der Waals surface area contributed by atoms with E-state index in [1.165, 1.54) is 43.4 Å². The van der Waals surface area contributed by atoms with Crippen LogP contribution in [-0.4, -0.2) is 41.3 Å². The molecule has 2 amide bonds. The lowest BCUT2D eigenvalue weighted by Gasteiger charge is -2.41. The molecule has 0 aromatic carbocycles. The third-order valence-corrected chi connectivity index (χ3v) is 6.73. The van der Waals surface area contributed by atoms with Crippen LogP contribution in [0.15, 0.2) is 5.38 Å². The summed E-state index contributed by atoms with van der Waals surface area (Å²) in [4.78, 5) is 32.8. The molecule has 2 atom stereocenters. The van der Waals surface area contributed by atoms with Gasteiger partial charge in [0, 0.05) is 31.4 Å². The Hall–Kier alpha value is -1.43. The molecule has 130 valence electrons. The summed E-state index contributed by atoms with van der Waals surface area (Å²) in [7, 11) is 0. The lowest BCUT2D eigenvalue weighted by molar-refractivity contribution is -0.133. The van der Waals surface area contributed by atoms with Crippen LogP contribution in [0.1, 0.15) is 50.6 Å². The molecule has 0 radical (unpaired) electrons. The van der Waals surface area contributed by atoms with Crippen molar-refractivity contribution in [1.82, 2.24) is 9.88 Å². The van der Waals surface area contributed by atoms with E-state index >= 15 is 0 Å². The first-order chi connectivity index (χ1) is 11.7. The number of amides is 2. The van der Waals surface area contributed by atoms with Crippen molar-refractivity contribution in [3.63, 3.8) is 0 Å². The monoisotopic (exact) mass is 347 g/mol. The summed E-state index contributed by atoms with van der Waals surface area (Å²) in [6, 6.07) is 0. The van der Waals surface area contributed by atoms with E-state index in [0.717, 1.165) is 42.8 Å². The summed E-state index contributed by atoms with van der Waals surface area (Å²) in [6.45, 7) is 2.60. The van der Waals surface area contributed by atoms with Gasteiger partial charge in [0.25, 0.3) is 0 Å². The number of fused-ring (bicyclic) bond motifs is 1. The molecular weight excluding hydrogens is 322 g/mol. The SMILES string of the molecule is O=C(Cc1csc(N2CCCC2=O)n1)N1CC[C@H]2CCCC[C@H]2C1. The number of aromatic nitrogens is 1. The van der Waals surface area contributed by atoms with Crippen molar-refractivity contribution < 1.29 is 9.59 Å². The highest BCUT2D eigenvalue weighted by Crippen LogP contribution is 2.36. The van der Waals surface area contributed by atoms with Crippen LogP contribution in [0, 0.1) is 11.8 Å². The lowest BCUT2D eigenvalue weighted by atomic mass is 9.75. The topological polar surface area (TPSA) is 53.5 Å². The van der Waals surface area contributed by atoms with Crippen molar-refractivity contribution in [2.24, 2.45) is 11.8 Å². The first-order valence-corrected chi connectivity index (χ1v) is 10.1. The number of carbonyl (C=O) groups is 2. The van der Waals surface area contributed by atoms with Crippen LogP contribution < -0.4 is 4.90 Å². The summed E-state index contributed by atoms with van der Waals surface area (Å²) in [5.74, 6) is 1.91. The number of hydrogen-bond donors (Lipinski definition) is 0. The molecule has 1 aromatic rings. The average molecular weight is 347 g/mol. The summed E-state index contributed by atoms with van der Waals surface area (Å²) in [5.41, 5.74) is 0.811. The van der Waals surface area contributed by atoms with E-state index in [-0.39, 0.29) is 11.8 Å². The fraction of sp³-hybridized carbons (Fsp3) is 0.722. The molecule has 4 rings (SSSR count). The van der Waals surface area contributed by atoms with Gasteiger partial charge in [-0.25, -0.2) is 4.98 Å². The standard InChI is InChI=1S/C18H25N3O2S/c22-16-6-3-8-21(16)18-19-15(12-24-18)10-17(23)20-9-7-13-4-1-2-5-14(13)11-20/h12-14H,1-11H2/t13-,14+/m1/s1. The average Bonchev–Trinajstić information content (AvgIpc) is 3.23. The highest BCUT2D eigenvalue weighted by atomic mass is 32.1. The van der Waals surface area contributed by atoms with Crippen molar-refractivity contribution in [2.75, 3.05) is 24.5 Å². The number of likely N-dealkylation sites (tertiary alicyclic amines) is 1. The molecule has 6 heteroatoms. The highest BCUT2D eigenvalue weighted by Gasteiger charge is 2.33. The maximum atomic E-state index is 12.6. The maximum Gasteiger partial charge on any atom is 0.228 e. The number of piperidine rings is 1. The van der Waals surface area contributed by atoms with Gasteiger partial charge in [-0.2, -0.15) is 0 Å². The highest BCUT2D eigenvalue weighted by molar-refractivity contribution is 7.14. The number of rotatable bonds is 3. The van der Waals surface area contributed by atoms with Crippen molar-refractivity contribution >= 4 is 28.3 Å². The molecule has 2 saturated heterocycles. The van der Waals surface area contributed by atoms with E-state index in [1.807, 2.05) is 10.3 Å². The van der Waals surface area contributed by atoms with Gasteiger partial charge >= 0.3 is 0 Å². The molecule has 0 spiro atoms. The first kappa shape index (κ1) is 16.1. The minimum absolute atomic E-state index is 0.154. The molecule has 24 heavy (non-hydrogen) atoms. The van der Waals surface area contributed by atoms with Gasteiger partial charge in [-0.05, 0) is 31.1 Å². The van der Waals surface area contributed by atoms with Gasteiger partial charge in [0.2, 0.25) is 11.8 Å². The van der Waals surface area contributed by atoms with Crippen molar-refractivity contribution in [1.29, 1.82) is 0 Å². The van der Waals surface area contributed by atoms with Crippen LogP contribution in [0.4, 0.5) is 5.13 Å². The van der Waals surface area contributed by atoms with E-state index < -0.39 is 0 Å². The summed E-state index contributed by atoms with van der Waals surface area (Å²) < 4.78 is 0. The molecule has 3 aliphatic rings. The molecule has 3 heterocycles. The van der Waals surface area contributed by atoms with Crippen LogP contribution in [-0.2, 0) is 16.0 Å². The van der Waals surface area contributed by atoms with Gasteiger partial charge in [-0.3, -0.25) is 14.5 Å². The molecule has 2 aliphatic heterocycles. The number of anilines is 1. The third-order valence-electron chi connectivity index (χ3n) is 5.82. The molecule has 0 unspecified atom stereocenters. The quantitative estimate of drug-likeness (QED) is 0.845. The Bertz CT molecular complexity index is 630. The largest absolute Gasteiger partial charge is 0.342 e. The summed E-state index contributed by atoms with van der Waals surface area (Å²) in [5, 5.41) is 2.69. The van der Waals surface area contributed by atoms with Crippen molar-refractivity contribution in [2.45, 2.75) is 51.4 Å². The first-order valence-electron chi connectivity index (χ1n) is 9.23. The van der Waals surface area contributed by atoms with Crippen molar-refractivity contribution in [3.05, 3.63) is 11.1 Å².